The van der Waals surface area contributed by atoms with Crippen molar-refractivity contribution < 1.29 is 13.9 Å². The Bertz CT molecular complexity index is 646. The lowest BCUT2D eigenvalue weighted by Crippen LogP contribution is -2.43. The van der Waals surface area contributed by atoms with E-state index in [-0.39, 0.29) is 23.9 Å². The van der Waals surface area contributed by atoms with Crippen LogP contribution in [0.3, 0.4) is 0 Å². The summed E-state index contributed by atoms with van der Waals surface area (Å²) in [4.78, 5) is 16.0. The molecule has 0 aliphatic heterocycles. The third kappa shape index (κ3) is 4.70. The number of nitrogens with zero attached hydrogens (tertiary/aromatic N) is 2. The summed E-state index contributed by atoms with van der Waals surface area (Å²) in [5.41, 5.74) is 0.667. The van der Waals surface area contributed by atoms with Gasteiger partial charge in [0.05, 0.1) is 19.5 Å². The highest BCUT2D eigenvalue weighted by Crippen LogP contribution is 2.21. The van der Waals surface area contributed by atoms with Gasteiger partial charge < -0.3 is 19.9 Å². The number of aromatic nitrogens is 2. The fourth-order valence-electron chi connectivity index (χ4n) is 2.25. The SMILES string of the molecule is COc1ccc([C@H](C)NC(=O)N[C@@H](C)Cn2ccnc2)cc1F. The molecular formula is C16H21FN4O2. The highest BCUT2D eigenvalue weighted by Gasteiger charge is 2.14. The van der Waals surface area contributed by atoms with Gasteiger partial charge in [-0.3, -0.25) is 0 Å². The van der Waals surface area contributed by atoms with E-state index in [1.807, 2.05) is 17.7 Å². The van der Waals surface area contributed by atoms with Crippen molar-refractivity contribution in [2.45, 2.75) is 32.5 Å². The Morgan fingerprint density at radius 2 is 2.17 bits per heavy atom. The second-order valence-corrected chi connectivity index (χ2v) is 5.39. The molecule has 0 aliphatic carbocycles. The van der Waals surface area contributed by atoms with E-state index < -0.39 is 5.82 Å². The zero-order valence-corrected chi connectivity index (χ0v) is 13.4. The number of amides is 2. The lowest BCUT2D eigenvalue weighted by atomic mass is 10.1. The third-order valence-electron chi connectivity index (χ3n) is 3.44. The maximum absolute atomic E-state index is 13.7. The molecule has 0 unspecified atom stereocenters. The lowest BCUT2D eigenvalue weighted by Gasteiger charge is -2.19. The van der Waals surface area contributed by atoms with Gasteiger partial charge in [0.15, 0.2) is 11.6 Å². The van der Waals surface area contributed by atoms with Gasteiger partial charge in [0.1, 0.15) is 0 Å². The van der Waals surface area contributed by atoms with E-state index in [9.17, 15) is 9.18 Å². The molecule has 2 amide bonds. The molecule has 0 spiro atoms. The number of urea groups is 1. The molecule has 0 fully saturated rings. The highest BCUT2D eigenvalue weighted by molar-refractivity contribution is 5.74. The summed E-state index contributed by atoms with van der Waals surface area (Å²) in [6.07, 6.45) is 5.21. The number of halogens is 1. The molecule has 0 saturated carbocycles. The van der Waals surface area contributed by atoms with E-state index in [2.05, 4.69) is 15.6 Å². The van der Waals surface area contributed by atoms with E-state index in [1.165, 1.54) is 13.2 Å². The van der Waals surface area contributed by atoms with E-state index in [1.54, 1.807) is 31.6 Å². The minimum absolute atomic E-state index is 0.0657. The molecule has 2 atom stereocenters. The number of ether oxygens (including phenoxy) is 1. The van der Waals surface area contributed by atoms with E-state index in [4.69, 9.17) is 4.74 Å². The maximum atomic E-state index is 13.7. The van der Waals surface area contributed by atoms with Crippen LogP contribution in [-0.2, 0) is 6.54 Å². The van der Waals surface area contributed by atoms with Crippen molar-refractivity contribution in [3.05, 3.63) is 48.3 Å². The van der Waals surface area contributed by atoms with Crippen molar-refractivity contribution >= 4 is 6.03 Å². The molecule has 1 aromatic carbocycles. The second-order valence-electron chi connectivity index (χ2n) is 5.39. The Labute approximate surface area is 134 Å². The minimum atomic E-state index is -0.451. The smallest absolute Gasteiger partial charge is 0.315 e. The van der Waals surface area contributed by atoms with Crippen molar-refractivity contribution in [1.82, 2.24) is 20.2 Å². The van der Waals surface area contributed by atoms with E-state index >= 15 is 0 Å². The maximum Gasteiger partial charge on any atom is 0.315 e. The van der Waals surface area contributed by atoms with E-state index in [0.717, 1.165) is 0 Å². The summed E-state index contributed by atoms with van der Waals surface area (Å²) < 4.78 is 20.5. The quantitative estimate of drug-likeness (QED) is 0.859. The van der Waals surface area contributed by atoms with E-state index in [0.29, 0.717) is 12.1 Å². The first-order chi connectivity index (χ1) is 11.0. The van der Waals surface area contributed by atoms with Gasteiger partial charge in [-0.05, 0) is 31.5 Å². The number of methoxy groups -OCH3 is 1. The standard InChI is InChI=1S/C16H21FN4O2/c1-11(9-21-7-6-18-10-21)19-16(22)20-12(2)13-4-5-15(23-3)14(17)8-13/h4-8,10-12H,9H2,1-3H3,(H2,19,20,22)/t11-,12-/m0/s1. The molecule has 23 heavy (non-hydrogen) atoms. The average Bonchev–Trinajstić information content (AvgIpc) is 2.99. The average molecular weight is 320 g/mol. The lowest BCUT2D eigenvalue weighted by molar-refractivity contribution is 0.233. The van der Waals surface area contributed by atoms with Crippen molar-refractivity contribution in [3.8, 4) is 5.75 Å². The van der Waals surface area contributed by atoms with Gasteiger partial charge in [0.25, 0.3) is 0 Å². The van der Waals surface area contributed by atoms with Gasteiger partial charge in [0, 0.05) is 25.0 Å². The number of carbonyl (C=O) groups is 1. The monoisotopic (exact) mass is 320 g/mol. The molecule has 0 aliphatic rings. The minimum Gasteiger partial charge on any atom is -0.494 e. The van der Waals surface area contributed by atoms with Gasteiger partial charge in [-0.1, -0.05) is 6.07 Å². The molecule has 1 aromatic heterocycles. The van der Waals surface area contributed by atoms with Gasteiger partial charge in [-0.25, -0.2) is 14.2 Å². The Hall–Kier alpha value is -2.57. The Balaban J connectivity index is 1.87. The number of imidazole rings is 1. The Morgan fingerprint density at radius 3 is 2.78 bits per heavy atom. The van der Waals surface area contributed by atoms with Crippen LogP contribution in [0.25, 0.3) is 0 Å². The zero-order chi connectivity index (χ0) is 16.8. The van der Waals surface area contributed by atoms with Crippen LogP contribution in [0.2, 0.25) is 0 Å². The topological polar surface area (TPSA) is 68.2 Å². The number of nitrogens with one attached hydrogen (secondary N) is 2. The number of benzene rings is 1. The fraction of sp³-hybridized carbons (Fsp3) is 0.375. The van der Waals surface area contributed by atoms with Crippen molar-refractivity contribution in [1.29, 1.82) is 0 Å². The van der Waals surface area contributed by atoms with Crippen molar-refractivity contribution in [3.63, 3.8) is 0 Å². The molecule has 0 saturated heterocycles. The number of hydrogen-bond acceptors (Lipinski definition) is 3. The summed E-state index contributed by atoms with van der Waals surface area (Å²) >= 11 is 0. The Kier molecular flexibility index (Phi) is 5.56. The molecular weight excluding hydrogens is 299 g/mol. The highest BCUT2D eigenvalue weighted by atomic mass is 19.1. The summed E-state index contributed by atoms with van der Waals surface area (Å²) in [5.74, 6) is -0.271. The van der Waals surface area contributed by atoms with Crippen LogP contribution in [0.15, 0.2) is 36.9 Å². The number of carbonyl (C=O) groups excluding carboxylic acids is 1. The molecule has 2 N–H and O–H groups in total. The molecule has 6 nitrogen and oxygen atoms in total. The fourth-order valence-corrected chi connectivity index (χ4v) is 2.25. The zero-order valence-electron chi connectivity index (χ0n) is 13.4. The molecule has 2 rings (SSSR count). The van der Waals surface area contributed by atoms with Crippen LogP contribution >= 0.6 is 0 Å². The summed E-state index contributed by atoms with van der Waals surface area (Å²) in [6, 6.07) is 3.93. The summed E-state index contributed by atoms with van der Waals surface area (Å²) in [6.45, 7) is 4.32. The van der Waals surface area contributed by atoms with Crippen molar-refractivity contribution in [2.75, 3.05) is 7.11 Å². The second kappa shape index (κ2) is 7.62. The largest absolute Gasteiger partial charge is 0.494 e. The van der Waals surface area contributed by atoms with Crippen molar-refractivity contribution in [2.24, 2.45) is 0 Å². The molecule has 2 aromatic rings. The molecule has 7 heteroatoms. The molecule has 0 radical (unpaired) electrons. The third-order valence-corrected chi connectivity index (χ3v) is 3.44. The predicted molar refractivity (Wildman–Crippen MR) is 84.7 cm³/mol. The molecule has 0 bridgehead atoms. The number of hydrogen-bond donors (Lipinski definition) is 2. The van der Waals surface area contributed by atoms with Crippen LogP contribution in [-0.4, -0.2) is 28.7 Å². The summed E-state index contributed by atoms with van der Waals surface area (Å²) in [7, 11) is 1.41. The first kappa shape index (κ1) is 16.8. The Morgan fingerprint density at radius 1 is 1.39 bits per heavy atom. The normalized spacial score (nSPS) is 13.2. The van der Waals surface area contributed by atoms with Gasteiger partial charge in [-0.2, -0.15) is 0 Å². The van der Waals surface area contributed by atoms with Crippen LogP contribution in [0.1, 0.15) is 25.5 Å². The first-order valence-electron chi connectivity index (χ1n) is 7.35. The van der Waals surface area contributed by atoms with Gasteiger partial charge in [-0.15, -0.1) is 0 Å². The van der Waals surface area contributed by atoms with Crippen LogP contribution in [0.4, 0.5) is 9.18 Å². The summed E-state index contributed by atoms with van der Waals surface area (Å²) in [5, 5.41) is 5.63. The van der Waals surface area contributed by atoms with Crippen LogP contribution in [0.5, 0.6) is 5.75 Å². The molecule has 124 valence electrons. The van der Waals surface area contributed by atoms with Crippen LogP contribution < -0.4 is 15.4 Å². The van der Waals surface area contributed by atoms with Crippen LogP contribution in [0, 0.1) is 5.82 Å². The van der Waals surface area contributed by atoms with Gasteiger partial charge >= 0.3 is 6.03 Å². The molecule has 1 heterocycles. The van der Waals surface area contributed by atoms with Gasteiger partial charge in [0.2, 0.25) is 0 Å². The number of rotatable bonds is 6. The first-order valence-corrected chi connectivity index (χ1v) is 7.35. The predicted octanol–water partition coefficient (Wildman–Crippen LogP) is 2.48.